The van der Waals surface area contributed by atoms with Crippen molar-refractivity contribution in [1.29, 1.82) is 0 Å². The first-order chi connectivity index (χ1) is 10.2. The van der Waals surface area contributed by atoms with E-state index in [-0.39, 0.29) is 12.4 Å². The zero-order valence-corrected chi connectivity index (χ0v) is 14.8. The summed E-state index contributed by atoms with van der Waals surface area (Å²) in [4.78, 5) is 0. The highest BCUT2D eigenvalue weighted by Gasteiger charge is 2.27. The fourth-order valence-corrected chi connectivity index (χ4v) is 3.63. The number of benzene rings is 2. The molecule has 2 atom stereocenters. The molecule has 0 fully saturated rings. The zero-order valence-electron chi connectivity index (χ0n) is 12.5. The molecule has 3 rings (SSSR count). The van der Waals surface area contributed by atoms with Gasteiger partial charge in [0.2, 0.25) is 0 Å². The van der Waals surface area contributed by atoms with Crippen molar-refractivity contribution in [3.8, 4) is 0 Å². The average molecular weight is 357 g/mol. The van der Waals surface area contributed by atoms with Crippen LogP contribution in [0.4, 0.5) is 0 Å². The largest absolute Gasteiger partial charge is 0.310 e. The van der Waals surface area contributed by atoms with E-state index in [0.717, 1.165) is 19.4 Å². The van der Waals surface area contributed by atoms with E-state index in [1.807, 2.05) is 12.1 Å². The van der Waals surface area contributed by atoms with E-state index >= 15 is 0 Å². The van der Waals surface area contributed by atoms with E-state index in [2.05, 4.69) is 42.6 Å². The highest BCUT2D eigenvalue weighted by Crippen LogP contribution is 2.42. The first-order valence-corrected chi connectivity index (χ1v) is 8.23. The Morgan fingerprint density at radius 1 is 1.00 bits per heavy atom. The maximum atomic E-state index is 6.19. The van der Waals surface area contributed by atoms with E-state index in [1.165, 1.54) is 16.7 Å². The van der Waals surface area contributed by atoms with Crippen LogP contribution in [0.15, 0.2) is 42.5 Å². The predicted octanol–water partition coefficient (Wildman–Crippen LogP) is 5.99. The van der Waals surface area contributed by atoms with Gasteiger partial charge in [-0.3, -0.25) is 0 Å². The predicted molar refractivity (Wildman–Crippen MR) is 97.6 cm³/mol. The van der Waals surface area contributed by atoms with Crippen molar-refractivity contribution in [3.05, 3.63) is 69.2 Å². The van der Waals surface area contributed by atoms with Crippen LogP contribution >= 0.6 is 35.6 Å². The van der Waals surface area contributed by atoms with Gasteiger partial charge in [-0.1, -0.05) is 60.5 Å². The number of rotatable bonds is 3. The van der Waals surface area contributed by atoms with Gasteiger partial charge in [-0.05, 0) is 48.2 Å². The third kappa shape index (κ3) is 3.44. The third-order valence-electron chi connectivity index (χ3n) is 4.29. The third-order valence-corrected chi connectivity index (χ3v) is 5.03. The molecule has 4 heteroatoms. The van der Waals surface area contributed by atoms with Crippen LogP contribution in [0.2, 0.25) is 10.0 Å². The van der Waals surface area contributed by atoms with Gasteiger partial charge >= 0.3 is 0 Å². The molecule has 0 saturated carbocycles. The van der Waals surface area contributed by atoms with Crippen LogP contribution < -0.4 is 5.32 Å². The summed E-state index contributed by atoms with van der Waals surface area (Å²) in [5, 5.41) is 4.85. The van der Waals surface area contributed by atoms with Gasteiger partial charge in [-0.25, -0.2) is 0 Å². The van der Waals surface area contributed by atoms with Crippen LogP contribution in [0.5, 0.6) is 0 Å². The van der Waals surface area contributed by atoms with Gasteiger partial charge in [0.05, 0.1) is 10.0 Å². The highest BCUT2D eigenvalue weighted by atomic mass is 35.5. The SMILES string of the molecule is CCN[C@H]1CC[C@@H](c2ccc(Cl)c(Cl)c2)c2ccccc21.Cl. The molecule has 0 unspecified atom stereocenters. The summed E-state index contributed by atoms with van der Waals surface area (Å²) in [7, 11) is 0. The Labute approximate surface area is 148 Å². The van der Waals surface area contributed by atoms with Crippen molar-refractivity contribution < 1.29 is 0 Å². The van der Waals surface area contributed by atoms with E-state index in [9.17, 15) is 0 Å². The number of hydrogen-bond acceptors (Lipinski definition) is 1. The van der Waals surface area contributed by atoms with Crippen molar-refractivity contribution in [1.82, 2.24) is 5.32 Å². The second-order valence-electron chi connectivity index (χ2n) is 5.54. The first-order valence-electron chi connectivity index (χ1n) is 7.48. The minimum atomic E-state index is 0. The Morgan fingerprint density at radius 2 is 1.73 bits per heavy atom. The lowest BCUT2D eigenvalue weighted by Crippen LogP contribution is -2.26. The van der Waals surface area contributed by atoms with Gasteiger partial charge in [0.25, 0.3) is 0 Å². The second-order valence-corrected chi connectivity index (χ2v) is 6.36. The van der Waals surface area contributed by atoms with Crippen LogP contribution in [0.1, 0.15) is 48.4 Å². The maximum Gasteiger partial charge on any atom is 0.0595 e. The van der Waals surface area contributed by atoms with Gasteiger partial charge in [0.1, 0.15) is 0 Å². The topological polar surface area (TPSA) is 12.0 Å². The van der Waals surface area contributed by atoms with E-state index < -0.39 is 0 Å². The van der Waals surface area contributed by atoms with Gasteiger partial charge in [-0.2, -0.15) is 0 Å². The summed E-state index contributed by atoms with van der Waals surface area (Å²) in [6, 6.07) is 15.2. The van der Waals surface area contributed by atoms with E-state index in [4.69, 9.17) is 23.2 Å². The molecule has 0 heterocycles. The van der Waals surface area contributed by atoms with Crippen molar-refractivity contribution in [3.63, 3.8) is 0 Å². The molecule has 22 heavy (non-hydrogen) atoms. The normalized spacial score (nSPS) is 20.1. The van der Waals surface area contributed by atoms with Crippen molar-refractivity contribution in [2.24, 2.45) is 0 Å². The standard InChI is InChI=1S/C18H19Cl2N.ClH/c1-2-21-18-10-8-13(14-5-3-4-6-15(14)18)12-7-9-16(19)17(20)11-12;/h3-7,9,11,13,18,21H,2,8,10H2,1H3;1H/t13-,18-;/m0./s1. The molecule has 0 spiro atoms. The van der Waals surface area contributed by atoms with Crippen molar-refractivity contribution in [2.75, 3.05) is 6.54 Å². The van der Waals surface area contributed by atoms with Gasteiger partial charge < -0.3 is 5.32 Å². The molecule has 2 aromatic carbocycles. The molecule has 0 bridgehead atoms. The molecule has 0 amide bonds. The fraction of sp³-hybridized carbons (Fsp3) is 0.333. The molecule has 1 aliphatic carbocycles. The van der Waals surface area contributed by atoms with Crippen LogP contribution in [-0.4, -0.2) is 6.54 Å². The fourth-order valence-electron chi connectivity index (χ4n) is 3.32. The Balaban J connectivity index is 0.00000176. The molecule has 1 N–H and O–H groups in total. The molecule has 0 aliphatic heterocycles. The Morgan fingerprint density at radius 3 is 2.41 bits per heavy atom. The van der Waals surface area contributed by atoms with E-state index in [0.29, 0.717) is 22.0 Å². The zero-order chi connectivity index (χ0) is 14.8. The number of nitrogens with one attached hydrogen (secondary N) is 1. The lowest BCUT2D eigenvalue weighted by atomic mass is 9.77. The molecule has 1 nitrogen and oxygen atoms in total. The lowest BCUT2D eigenvalue weighted by Gasteiger charge is -2.32. The van der Waals surface area contributed by atoms with Crippen LogP contribution in [0.3, 0.4) is 0 Å². The summed E-state index contributed by atoms with van der Waals surface area (Å²) in [6.07, 6.45) is 2.28. The molecular formula is C18H20Cl3N. The van der Waals surface area contributed by atoms with Gasteiger partial charge in [0.15, 0.2) is 0 Å². The minimum absolute atomic E-state index is 0. The number of fused-ring (bicyclic) bond motifs is 1. The van der Waals surface area contributed by atoms with Gasteiger partial charge in [0, 0.05) is 12.0 Å². The quantitative estimate of drug-likeness (QED) is 0.712. The Kier molecular flexibility index (Phi) is 6.17. The van der Waals surface area contributed by atoms with Crippen LogP contribution in [-0.2, 0) is 0 Å². The van der Waals surface area contributed by atoms with Crippen molar-refractivity contribution >= 4 is 35.6 Å². The monoisotopic (exact) mass is 355 g/mol. The maximum absolute atomic E-state index is 6.19. The highest BCUT2D eigenvalue weighted by molar-refractivity contribution is 6.42. The minimum Gasteiger partial charge on any atom is -0.310 e. The average Bonchev–Trinajstić information content (AvgIpc) is 2.51. The summed E-state index contributed by atoms with van der Waals surface area (Å²) in [5.74, 6) is 0.408. The lowest BCUT2D eigenvalue weighted by molar-refractivity contribution is 0.450. The molecule has 0 radical (unpaired) electrons. The van der Waals surface area contributed by atoms with Crippen molar-refractivity contribution in [2.45, 2.75) is 31.7 Å². The summed E-state index contributed by atoms with van der Waals surface area (Å²) in [5.41, 5.74) is 4.08. The summed E-state index contributed by atoms with van der Waals surface area (Å²) in [6.45, 7) is 3.16. The number of hydrogen-bond donors (Lipinski definition) is 1. The molecule has 0 aromatic heterocycles. The Hall–Kier alpha value is -0.730. The van der Waals surface area contributed by atoms with Crippen LogP contribution in [0, 0.1) is 0 Å². The smallest absolute Gasteiger partial charge is 0.0595 e. The number of halogens is 3. The van der Waals surface area contributed by atoms with E-state index in [1.54, 1.807) is 0 Å². The summed E-state index contributed by atoms with van der Waals surface area (Å²) >= 11 is 12.2. The second kappa shape index (κ2) is 7.70. The molecule has 118 valence electrons. The summed E-state index contributed by atoms with van der Waals surface area (Å²) < 4.78 is 0. The molecular weight excluding hydrogens is 337 g/mol. The molecule has 0 saturated heterocycles. The van der Waals surface area contributed by atoms with Gasteiger partial charge in [-0.15, -0.1) is 12.4 Å². The molecule has 1 aliphatic rings. The van der Waals surface area contributed by atoms with Crippen LogP contribution in [0.25, 0.3) is 0 Å². The Bertz CT molecular complexity index is 642. The first kappa shape index (κ1) is 17.6. The molecule has 2 aromatic rings.